The maximum absolute atomic E-state index is 8.67. The summed E-state index contributed by atoms with van der Waals surface area (Å²) >= 11 is 0. The van der Waals surface area contributed by atoms with Gasteiger partial charge in [-0.15, -0.1) is 0 Å². The van der Waals surface area contributed by atoms with E-state index in [2.05, 4.69) is 0 Å². The molecule has 0 aromatic rings. The average molecular weight is 96.1 g/mol. The SMILES string of the molecule is CCC(O)CC.[LiH]. The van der Waals surface area contributed by atoms with Gasteiger partial charge in [-0.05, 0) is 12.8 Å². The van der Waals surface area contributed by atoms with Gasteiger partial charge in [0.2, 0.25) is 0 Å². The van der Waals surface area contributed by atoms with E-state index in [9.17, 15) is 0 Å². The molecule has 0 unspecified atom stereocenters. The fourth-order valence-electron chi connectivity index (χ4n) is 0.289. The summed E-state index contributed by atoms with van der Waals surface area (Å²) in [6, 6.07) is 0. The van der Waals surface area contributed by atoms with Crippen molar-refractivity contribution >= 4 is 18.9 Å². The first-order chi connectivity index (χ1) is 2.81. The van der Waals surface area contributed by atoms with Crippen molar-refractivity contribution in [1.82, 2.24) is 0 Å². The zero-order valence-corrected chi connectivity index (χ0v) is 4.44. The Labute approximate surface area is 57.3 Å². The van der Waals surface area contributed by atoms with Crippen molar-refractivity contribution in [2.45, 2.75) is 32.8 Å². The molecule has 0 radical (unpaired) electrons. The molecule has 0 aromatic carbocycles. The summed E-state index contributed by atoms with van der Waals surface area (Å²) in [4.78, 5) is 0. The van der Waals surface area contributed by atoms with Gasteiger partial charge in [0, 0.05) is 0 Å². The van der Waals surface area contributed by atoms with Crippen LogP contribution in [0.15, 0.2) is 0 Å². The van der Waals surface area contributed by atoms with Crippen molar-refractivity contribution in [3.63, 3.8) is 0 Å². The third-order valence-electron chi connectivity index (χ3n) is 0.942. The summed E-state index contributed by atoms with van der Waals surface area (Å²) in [6.07, 6.45) is 1.71. The topological polar surface area (TPSA) is 20.2 Å². The molecule has 0 spiro atoms. The van der Waals surface area contributed by atoms with Crippen LogP contribution in [0.5, 0.6) is 0 Å². The molecule has 1 nitrogen and oxygen atoms in total. The third kappa shape index (κ3) is 6.56. The van der Waals surface area contributed by atoms with Crippen LogP contribution in [0.25, 0.3) is 0 Å². The zero-order valence-electron chi connectivity index (χ0n) is 4.44. The molecule has 0 bridgehead atoms. The van der Waals surface area contributed by atoms with Crippen LogP contribution >= 0.6 is 0 Å². The zero-order chi connectivity index (χ0) is 4.99. The van der Waals surface area contributed by atoms with Gasteiger partial charge in [0.05, 0.1) is 6.10 Å². The number of hydrogen-bond donors (Lipinski definition) is 1. The molecule has 1 N–H and O–H groups in total. The minimum atomic E-state index is -0.0648. The standard InChI is InChI=1S/C5H12O.Li.H/c1-3-5(6)4-2;;/h5-6H,3-4H2,1-2H3;;. The summed E-state index contributed by atoms with van der Waals surface area (Å²) in [5, 5.41) is 8.67. The first-order valence-electron chi connectivity index (χ1n) is 2.49. The number of hydrogen-bond acceptors (Lipinski definition) is 1. The Kier molecular flexibility index (Phi) is 9.86. The van der Waals surface area contributed by atoms with E-state index < -0.39 is 0 Å². The predicted octanol–water partition coefficient (Wildman–Crippen LogP) is 0.519. The Bertz CT molecular complexity index is 27.3. The first-order valence-corrected chi connectivity index (χ1v) is 2.49. The molecule has 0 aromatic heterocycles. The Morgan fingerprint density at radius 2 is 1.57 bits per heavy atom. The first kappa shape index (κ1) is 10.5. The van der Waals surface area contributed by atoms with E-state index in [-0.39, 0.29) is 25.0 Å². The van der Waals surface area contributed by atoms with Gasteiger partial charge < -0.3 is 5.11 Å². The van der Waals surface area contributed by atoms with E-state index in [1.54, 1.807) is 0 Å². The van der Waals surface area contributed by atoms with Crippen LogP contribution in [0.4, 0.5) is 0 Å². The molecule has 2 heteroatoms. The normalized spacial score (nSPS) is 8.57. The van der Waals surface area contributed by atoms with Crippen molar-refractivity contribution in [3.8, 4) is 0 Å². The van der Waals surface area contributed by atoms with Crippen molar-refractivity contribution in [2.24, 2.45) is 0 Å². The van der Waals surface area contributed by atoms with Gasteiger partial charge in [0.1, 0.15) is 0 Å². The second-order valence-electron chi connectivity index (χ2n) is 1.47. The van der Waals surface area contributed by atoms with Gasteiger partial charge in [-0.25, -0.2) is 0 Å². The molecule has 0 aliphatic heterocycles. The molecule has 0 fully saturated rings. The van der Waals surface area contributed by atoms with Gasteiger partial charge in [0.25, 0.3) is 0 Å². The van der Waals surface area contributed by atoms with Crippen molar-refractivity contribution in [3.05, 3.63) is 0 Å². The van der Waals surface area contributed by atoms with E-state index >= 15 is 0 Å². The Hall–Kier alpha value is 0.557. The van der Waals surface area contributed by atoms with Gasteiger partial charge in [-0.2, -0.15) is 0 Å². The molecule has 0 aliphatic carbocycles. The van der Waals surface area contributed by atoms with E-state index in [4.69, 9.17) is 5.11 Å². The van der Waals surface area contributed by atoms with E-state index in [1.807, 2.05) is 13.8 Å². The van der Waals surface area contributed by atoms with Crippen molar-refractivity contribution < 1.29 is 5.11 Å². The summed E-state index contributed by atoms with van der Waals surface area (Å²) in [6.45, 7) is 3.96. The molecule has 0 aliphatic rings. The molecule has 0 heterocycles. The summed E-state index contributed by atoms with van der Waals surface area (Å²) in [5.74, 6) is 0. The number of aliphatic hydroxyl groups is 1. The Morgan fingerprint density at radius 3 is 1.57 bits per heavy atom. The minimum absolute atomic E-state index is 0. The van der Waals surface area contributed by atoms with Gasteiger partial charge in [-0.1, -0.05) is 13.8 Å². The summed E-state index contributed by atoms with van der Waals surface area (Å²) < 4.78 is 0. The van der Waals surface area contributed by atoms with Crippen LogP contribution in [0, 0.1) is 0 Å². The van der Waals surface area contributed by atoms with Gasteiger partial charge >= 0.3 is 18.9 Å². The van der Waals surface area contributed by atoms with Crippen molar-refractivity contribution in [2.75, 3.05) is 0 Å². The summed E-state index contributed by atoms with van der Waals surface area (Å²) in [5.41, 5.74) is 0. The molecular weight excluding hydrogens is 83.0 g/mol. The molecular formula is C5H13LiO. The monoisotopic (exact) mass is 96.1 g/mol. The van der Waals surface area contributed by atoms with Crippen molar-refractivity contribution in [1.29, 1.82) is 0 Å². The fourth-order valence-corrected chi connectivity index (χ4v) is 0.289. The molecule has 0 atom stereocenters. The van der Waals surface area contributed by atoms with Crippen LogP contribution in [0.3, 0.4) is 0 Å². The second kappa shape index (κ2) is 6.56. The van der Waals surface area contributed by atoms with Crippen LogP contribution in [-0.2, 0) is 0 Å². The number of rotatable bonds is 2. The molecule has 0 saturated carbocycles. The third-order valence-corrected chi connectivity index (χ3v) is 0.942. The second-order valence-corrected chi connectivity index (χ2v) is 1.47. The van der Waals surface area contributed by atoms with E-state index in [0.29, 0.717) is 0 Å². The van der Waals surface area contributed by atoms with Crippen LogP contribution in [0.1, 0.15) is 26.7 Å². The maximum atomic E-state index is 8.67. The average Bonchev–Trinajstić information content (AvgIpc) is 1.65. The molecule has 7 heavy (non-hydrogen) atoms. The fraction of sp³-hybridized carbons (Fsp3) is 1.00. The molecule has 40 valence electrons. The number of aliphatic hydroxyl groups excluding tert-OH is 1. The molecule has 0 amide bonds. The van der Waals surface area contributed by atoms with Gasteiger partial charge in [-0.3, -0.25) is 0 Å². The Balaban J connectivity index is 0. The quantitative estimate of drug-likeness (QED) is 0.497. The molecule has 0 saturated heterocycles. The van der Waals surface area contributed by atoms with E-state index in [0.717, 1.165) is 12.8 Å². The van der Waals surface area contributed by atoms with Crippen LogP contribution in [0.2, 0.25) is 0 Å². The van der Waals surface area contributed by atoms with Gasteiger partial charge in [0.15, 0.2) is 0 Å². The summed E-state index contributed by atoms with van der Waals surface area (Å²) in [7, 11) is 0. The molecule has 0 rings (SSSR count). The van der Waals surface area contributed by atoms with Crippen LogP contribution < -0.4 is 0 Å². The Morgan fingerprint density at radius 1 is 1.29 bits per heavy atom. The van der Waals surface area contributed by atoms with E-state index in [1.165, 1.54) is 0 Å². The van der Waals surface area contributed by atoms with Crippen LogP contribution in [-0.4, -0.2) is 30.1 Å². The predicted molar refractivity (Wildman–Crippen MR) is 33.7 cm³/mol.